The van der Waals surface area contributed by atoms with Gasteiger partial charge in [0, 0.05) is 31.4 Å². The highest BCUT2D eigenvalue weighted by Gasteiger charge is 2.34. The maximum absolute atomic E-state index is 4.74. The molecule has 1 fully saturated rings. The molecule has 0 bridgehead atoms. The number of nitrogens with zero attached hydrogens (tertiary/aromatic N) is 8. The normalized spacial score (nSPS) is 17.0. The van der Waals surface area contributed by atoms with E-state index >= 15 is 0 Å². The quantitative estimate of drug-likeness (QED) is 0.707. The van der Waals surface area contributed by atoms with E-state index in [4.69, 9.17) is 4.98 Å². The molecule has 0 radical (unpaired) electrons. The van der Waals surface area contributed by atoms with Crippen molar-refractivity contribution in [2.24, 2.45) is 0 Å². The minimum Gasteiger partial charge on any atom is -0.353 e. The van der Waals surface area contributed by atoms with Crippen molar-refractivity contribution in [3.05, 3.63) is 35.5 Å². The van der Waals surface area contributed by atoms with Gasteiger partial charge in [0.15, 0.2) is 5.65 Å². The molecule has 3 aromatic rings. The van der Waals surface area contributed by atoms with Crippen molar-refractivity contribution in [3.63, 3.8) is 0 Å². The van der Waals surface area contributed by atoms with Crippen LogP contribution in [0.25, 0.3) is 5.65 Å². The second-order valence-corrected chi connectivity index (χ2v) is 6.87. The summed E-state index contributed by atoms with van der Waals surface area (Å²) in [5.74, 6) is 2.95. The van der Waals surface area contributed by atoms with Crippen molar-refractivity contribution in [1.29, 1.82) is 0 Å². The van der Waals surface area contributed by atoms with Crippen molar-refractivity contribution >= 4 is 17.3 Å². The van der Waals surface area contributed by atoms with Gasteiger partial charge in [-0.15, -0.1) is 15.3 Å². The zero-order chi connectivity index (χ0) is 17.0. The van der Waals surface area contributed by atoms with Crippen LogP contribution in [0.15, 0.2) is 18.5 Å². The summed E-state index contributed by atoms with van der Waals surface area (Å²) in [4.78, 5) is 14.0. The zero-order valence-corrected chi connectivity index (χ0v) is 14.4. The number of rotatable bonds is 3. The molecule has 4 heterocycles. The van der Waals surface area contributed by atoms with Gasteiger partial charge < -0.3 is 9.80 Å². The second kappa shape index (κ2) is 5.37. The molecule has 8 heteroatoms. The van der Waals surface area contributed by atoms with Crippen LogP contribution in [0.3, 0.4) is 0 Å². The van der Waals surface area contributed by atoms with Crippen molar-refractivity contribution in [1.82, 2.24) is 29.8 Å². The van der Waals surface area contributed by atoms with Crippen LogP contribution in [0.2, 0.25) is 0 Å². The van der Waals surface area contributed by atoms with Gasteiger partial charge in [-0.25, -0.2) is 9.97 Å². The predicted octanol–water partition coefficient (Wildman–Crippen LogP) is 1.04. The fourth-order valence-electron chi connectivity index (χ4n) is 3.77. The van der Waals surface area contributed by atoms with Crippen LogP contribution >= 0.6 is 0 Å². The molecule has 3 aromatic heterocycles. The number of aromatic nitrogens is 6. The summed E-state index contributed by atoms with van der Waals surface area (Å²) >= 11 is 0. The number of likely N-dealkylation sites (N-methyl/N-ethyl adjacent to an activating group) is 1. The van der Waals surface area contributed by atoms with Gasteiger partial charge in [-0.1, -0.05) is 0 Å². The van der Waals surface area contributed by atoms with Gasteiger partial charge in [0.05, 0.1) is 6.04 Å². The number of fused-ring (bicyclic) bond motifs is 2. The van der Waals surface area contributed by atoms with Crippen LogP contribution in [0.5, 0.6) is 0 Å². The Morgan fingerprint density at radius 1 is 1.16 bits per heavy atom. The molecule has 0 unspecified atom stereocenters. The minimum absolute atomic E-state index is 0.442. The van der Waals surface area contributed by atoms with E-state index < -0.39 is 0 Å². The first-order valence-electron chi connectivity index (χ1n) is 8.70. The second-order valence-electron chi connectivity index (χ2n) is 6.87. The van der Waals surface area contributed by atoms with Gasteiger partial charge in [0.2, 0.25) is 0 Å². The molecule has 0 saturated carbocycles. The highest BCUT2D eigenvalue weighted by atomic mass is 15.4. The molecule has 0 spiro atoms. The third kappa shape index (κ3) is 2.32. The number of anilines is 2. The molecule has 1 aliphatic heterocycles. The van der Waals surface area contributed by atoms with Gasteiger partial charge in [-0.3, -0.25) is 0 Å². The van der Waals surface area contributed by atoms with Crippen molar-refractivity contribution in [2.45, 2.75) is 32.2 Å². The first kappa shape index (κ1) is 14.6. The Balaban J connectivity index is 1.35. The lowest BCUT2D eigenvalue weighted by molar-refractivity contribution is 0.485. The van der Waals surface area contributed by atoms with E-state index in [1.165, 1.54) is 17.7 Å². The third-order valence-corrected chi connectivity index (χ3v) is 5.24. The van der Waals surface area contributed by atoms with Crippen LogP contribution in [0.4, 0.5) is 11.6 Å². The number of hydrogen-bond acceptors (Lipinski definition) is 7. The van der Waals surface area contributed by atoms with Crippen molar-refractivity contribution in [2.75, 3.05) is 29.9 Å². The molecule has 0 atom stereocenters. The highest BCUT2D eigenvalue weighted by molar-refractivity contribution is 5.55. The average molecular weight is 336 g/mol. The SMILES string of the molecule is Cc1nc2c(c(N(C)C3CN(c4ccc5nncn5n4)C3)n1)CCC2. The molecule has 8 nitrogen and oxygen atoms in total. The molecule has 5 rings (SSSR count). The summed E-state index contributed by atoms with van der Waals surface area (Å²) in [6.07, 6.45) is 5.00. The molecular weight excluding hydrogens is 316 g/mol. The molecular formula is C17H20N8. The largest absolute Gasteiger partial charge is 0.353 e. The van der Waals surface area contributed by atoms with Gasteiger partial charge in [0.1, 0.15) is 23.8 Å². The van der Waals surface area contributed by atoms with E-state index in [0.29, 0.717) is 6.04 Å². The van der Waals surface area contributed by atoms with E-state index in [9.17, 15) is 0 Å². The van der Waals surface area contributed by atoms with Crippen molar-refractivity contribution in [3.8, 4) is 0 Å². The van der Waals surface area contributed by atoms with Crippen LogP contribution in [0.1, 0.15) is 23.5 Å². The summed E-state index contributed by atoms with van der Waals surface area (Å²) in [6.45, 7) is 3.87. The molecule has 1 saturated heterocycles. The first-order chi connectivity index (χ1) is 12.2. The monoisotopic (exact) mass is 336 g/mol. The summed E-state index contributed by atoms with van der Waals surface area (Å²) in [6, 6.07) is 4.40. The van der Waals surface area contributed by atoms with Crippen molar-refractivity contribution < 1.29 is 0 Å². The maximum atomic E-state index is 4.74. The Kier molecular flexibility index (Phi) is 3.13. The number of aryl methyl sites for hydroxylation is 2. The first-order valence-corrected chi connectivity index (χ1v) is 8.70. The molecule has 0 N–H and O–H groups in total. The van der Waals surface area contributed by atoms with Gasteiger partial charge >= 0.3 is 0 Å². The Hall–Kier alpha value is -2.77. The van der Waals surface area contributed by atoms with Gasteiger partial charge in [-0.05, 0) is 38.3 Å². The lowest BCUT2D eigenvalue weighted by Gasteiger charge is -2.45. The minimum atomic E-state index is 0.442. The van der Waals surface area contributed by atoms with Gasteiger partial charge in [-0.2, -0.15) is 4.52 Å². The molecule has 128 valence electrons. The third-order valence-electron chi connectivity index (χ3n) is 5.24. The smallest absolute Gasteiger partial charge is 0.177 e. The lowest BCUT2D eigenvalue weighted by atomic mass is 10.1. The maximum Gasteiger partial charge on any atom is 0.177 e. The summed E-state index contributed by atoms with van der Waals surface area (Å²) in [5.41, 5.74) is 3.35. The highest BCUT2D eigenvalue weighted by Crippen LogP contribution is 2.31. The Morgan fingerprint density at radius 2 is 2.04 bits per heavy atom. The molecule has 0 aromatic carbocycles. The van der Waals surface area contributed by atoms with E-state index in [2.05, 4.69) is 37.1 Å². The van der Waals surface area contributed by atoms with Crippen LogP contribution in [-0.2, 0) is 12.8 Å². The molecule has 2 aliphatic rings. The topological polar surface area (TPSA) is 75.3 Å². The average Bonchev–Trinajstić information content (AvgIpc) is 3.20. The standard InChI is InChI=1S/C17H20N8/c1-11-19-14-5-3-4-13(14)17(20-11)23(2)12-8-24(9-12)16-7-6-15-21-18-10-25(15)22-16/h6-7,10,12H,3-5,8-9H2,1-2H3. The number of hydrogen-bond donors (Lipinski definition) is 0. The molecule has 25 heavy (non-hydrogen) atoms. The summed E-state index contributed by atoms with van der Waals surface area (Å²) in [5, 5.41) is 12.4. The molecule has 1 aliphatic carbocycles. The zero-order valence-electron chi connectivity index (χ0n) is 14.4. The Morgan fingerprint density at radius 3 is 2.92 bits per heavy atom. The fourth-order valence-corrected chi connectivity index (χ4v) is 3.77. The van der Waals surface area contributed by atoms with Crippen LogP contribution < -0.4 is 9.80 Å². The van der Waals surface area contributed by atoms with Crippen LogP contribution in [0, 0.1) is 6.92 Å². The van der Waals surface area contributed by atoms with E-state index in [-0.39, 0.29) is 0 Å². The Bertz CT molecular complexity index is 943. The fraction of sp³-hybridized carbons (Fsp3) is 0.471. The summed E-state index contributed by atoms with van der Waals surface area (Å²) < 4.78 is 1.72. The lowest BCUT2D eigenvalue weighted by Crippen LogP contribution is -2.59. The van der Waals surface area contributed by atoms with E-state index in [1.54, 1.807) is 10.8 Å². The van der Waals surface area contributed by atoms with Crippen LogP contribution in [-0.4, -0.2) is 56.0 Å². The predicted molar refractivity (Wildman–Crippen MR) is 94.0 cm³/mol. The van der Waals surface area contributed by atoms with Gasteiger partial charge in [0.25, 0.3) is 0 Å². The Labute approximate surface area is 145 Å². The van der Waals surface area contributed by atoms with E-state index in [0.717, 1.165) is 49.0 Å². The summed E-state index contributed by atoms with van der Waals surface area (Å²) in [7, 11) is 2.15. The van der Waals surface area contributed by atoms with E-state index in [1.807, 2.05) is 19.1 Å². The molecule has 0 amide bonds.